The van der Waals surface area contributed by atoms with E-state index in [1.165, 1.54) is 7.05 Å². The predicted octanol–water partition coefficient (Wildman–Crippen LogP) is 1.11. The van der Waals surface area contributed by atoms with Crippen molar-refractivity contribution in [2.45, 2.75) is 0 Å². The Morgan fingerprint density at radius 3 is 2.29 bits per heavy atom. The maximum Gasteiger partial charge on any atom is 0.314 e. The quantitative estimate of drug-likeness (QED) is 0.729. The molecule has 6 heteroatoms. The number of halogens is 1. The third-order valence-corrected chi connectivity index (χ3v) is 2.56. The van der Waals surface area contributed by atoms with Crippen molar-refractivity contribution in [1.82, 2.24) is 16.0 Å². The molecule has 0 saturated carbocycles. The van der Waals surface area contributed by atoms with E-state index < -0.39 is 0 Å². The molecule has 0 aliphatic heterocycles. The molecule has 0 saturated heterocycles. The molecule has 5 nitrogen and oxygen atoms in total. The fraction of sp³-hybridized carbons (Fsp3) is 0.273. The molecule has 0 heterocycles. The lowest BCUT2D eigenvalue weighted by Crippen LogP contribution is -2.38. The van der Waals surface area contributed by atoms with Gasteiger partial charge < -0.3 is 16.0 Å². The van der Waals surface area contributed by atoms with Crippen LogP contribution in [0.4, 0.5) is 4.79 Å². The first-order chi connectivity index (χ1) is 8.13. The third-order valence-electron chi connectivity index (χ3n) is 2.03. The predicted molar refractivity (Wildman–Crippen MR) is 68.9 cm³/mol. The normalized spacial score (nSPS) is 9.53. The molecule has 0 radical (unpaired) electrons. The largest absolute Gasteiger partial charge is 0.350 e. The van der Waals surface area contributed by atoms with Gasteiger partial charge in [0.05, 0.1) is 0 Å². The van der Waals surface area contributed by atoms with E-state index in [1.54, 1.807) is 24.3 Å². The summed E-state index contributed by atoms with van der Waals surface area (Å²) in [5.41, 5.74) is 0.591. The number of hydrogen-bond acceptors (Lipinski definition) is 2. The molecule has 0 aliphatic carbocycles. The van der Waals surface area contributed by atoms with E-state index in [-0.39, 0.29) is 11.9 Å². The zero-order chi connectivity index (χ0) is 12.7. The average molecular weight is 300 g/mol. The van der Waals surface area contributed by atoms with Crippen LogP contribution in [0.5, 0.6) is 0 Å². The summed E-state index contributed by atoms with van der Waals surface area (Å²) in [5.74, 6) is -0.156. The average Bonchev–Trinajstić information content (AvgIpc) is 2.34. The van der Waals surface area contributed by atoms with Gasteiger partial charge in [0, 0.05) is 30.2 Å². The Kier molecular flexibility index (Phi) is 5.48. The lowest BCUT2D eigenvalue weighted by atomic mass is 10.2. The Labute approximate surface area is 108 Å². The van der Waals surface area contributed by atoms with Gasteiger partial charge in [-0.05, 0) is 24.3 Å². The van der Waals surface area contributed by atoms with Gasteiger partial charge in [-0.3, -0.25) is 4.79 Å². The van der Waals surface area contributed by atoms with Crippen molar-refractivity contribution in [3.8, 4) is 0 Å². The number of rotatable bonds is 4. The number of carbonyl (C=O) groups is 2. The highest BCUT2D eigenvalue weighted by atomic mass is 79.9. The van der Waals surface area contributed by atoms with E-state index in [4.69, 9.17) is 0 Å². The van der Waals surface area contributed by atoms with Crippen LogP contribution in [0.25, 0.3) is 0 Å². The fourth-order valence-electron chi connectivity index (χ4n) is 1.14. The minimum atomic E-state index is -0.261. The van der Waals surface area contributed by atoms with Crippen LogP contribution < -0.4 is 16.0 Å². The first kappa shape index (κ1) is 13.5. The molecule has 1 aromatic rings. The smallest absolute Gasteiger partial charge is 0.314 e. The van der Waals surface area contributed by atoms with Crippen molar-refractivity contribution in [1.29, 1.82) is 0 Å². The molecule has 0 bridgehead atoms. The standard InChI is InChI=1S/C11H14BrN3O2/c1-13-11(17)15-7-6-14-10(16)8-2-4-9(12)5-3-8/h2-5H,6-7H2,1H3,(H,14,16)(H2,13,15,17). The minimum Gasteiger partial charge on any atom is -0.350 e. The van der Waals surface area contributed by atoms with Crippen molar-refractivity contribution in [3.63, 3.8) is 0 Å². The highest BCUT2D eigenvalue weighted by Gasteiger charge is 2.04. The summed E-state index contributed by atoms with van der Waals surface area (Å²) in [6.45, 7) is 0.782. The number of carbonyl (C=O) groups excluding carboxylic acids is 2. The molecule has 1 aromatic carbocycles. The second kappa shape index (κ2) is 6.90. The second-order valence-corrected chi connectivity index (χ2v) is 4.18. The summed E-state index contributed by atoms with van der Waals surface area (Å²) < 4.78 is 0.926. The Morgan fingerprint density at radius 1 is 1.12 bits per heavy atom. The molecule has 0 unspecified atom stereocenters. The van der Waals surface area contributed by atoms with Crippen molar-refractivity contribution in [3.05, 3.63) is 34.3 Å². The Bertz CT molecular complexity index is 392. The van der Waals surface area contributed by atoms with Gasteiger partial charge >= 0.3 is 6.03 Å². The fourth-order valence-corrected chi connectivity index (χ4v) is 1.41. The van der Waals surface area contributed by atoms with Crippen LogP contribution in [0.15, 0.2) is 28.7 Å². The zero-order valence-corrected chi connectivity index (χ0v) is 11.0. The molecule has 0 fully saturated rings. The number of benzene rings is 1. The second-order valence-electron chi connectivity index (χ2n) is 3.27. The number of urea groups is 1. The van der Waals surface area contributed by atoms with E-state index in [1.807, 2.05) is 0 Å². The molecular weight excluding hydrogens is 286 g/mol. The van der Waals surface area contributed by atoms with Crippen molar-refractivity contribution >= 4 is 27.9 Å². The van der Waals surface area contributed by atoms with Crippen LogP contribution in [-0.4, -0.2) is 32.1 Å². The molecule has 0 atom stereocenters. The van der Waals surface area contributed by atoms with Crippen LogP contribution >= 0.6 is 15.9 Å². The lowest BCUT2D eigenvalue weighted by molar-refractivity contribution is 0.0954. The molecule has 1 rings (SSSR count). The van der Waals surface area contributed by atoms with Crippen LogP contribution in [-0.2, 0) is 0 Å². The summed E-state index contributed by atoms with van der Waals surface area (Å²) in [6.07, 6.45) is 0. The molecule has 17 heavy (non-hydrogen) atoms. The first-order valence-electron chi connectivity index (χ1n) is 5.13. The molecule has 0 aliphatic rings. The van der Waals surface area contributed by atoms with Gasteiger partial charge in [-0.15, -0.1) is 0 Å². The number of hydrogen-bond donors (Lipinski definition) is 3. The first-order valence-corrected chi connectivity index (χ1v) is 5.92. The molecule has 92 valence electrons. The van der Waals surface area contributed by atoms with E-state index >= 15 is 0 Å². The lowest BCUT2D eigenvalue weighted by Gasteiger charge is -2.06. The van der Waals surface area contributed by atoms with Crippen LogP contribution in [0, 0.1) is 0 Å². The highest BCUT2D eigenvalue weighted by Crippen LogP contribution is 2.10. The number of amides is 3. The Morgan fingerprint density at radius 2 is 1.71 bits per heavy atom. The molecule has 3 amide bonds. The van der Waals surface area contributed by atoms with Gasteiger partial charge in [0.2, 0.25) is 0 Å². The van der Waals surface area contributed by atoms with E-state index in [9.17, 15) is 9.59 Å². The number of nitrogens with one attached hydrogen (secondary N) is 3. The van der Waals surface area contributed by atoms with E-state index in [0.717, 1.165) is 4.47 Å². The third kappa shape index (κ3) is 4.86. The van der Waals surface area contributed by atoms with Crippen molar-refractivity contribution < 1.29 is 9.59 Å². The summed E-state index contributed by atoms with van der Waals surface area (Å²) in [5, 5.41) is 7.70. The zero-order valence-electron chi connectivity index (χ0n) is 9.42. The summed E-state index contributed by atoms with van der Waals surface area (Å²) >= 11 is 3.30. The van der Waals surface area contributed by atoms with Gasteiger partial charge in [0.15, 0.2) is 0 Å². The molecule has 3 N–H and O–H groups in total. The Balaban J connectivity index is 2.30. The monoisotopic (exact) mass is 299 g/mol. The summed E-state index contributed by atoms with van der Waals surface area (Å²) in [6, 6.07) is 6.80. The van der Waals surface area contributed by atoms with Gasteiger partial charge in [0.25, 0.3) is 5.91 Å². The minimum absolute atomic E-state index is 0.156. The summed E-state index contributed by atoms with van der Waals surface area (Å²) in [7, 11) is 1.54. The SMILES string of the molecule is CNC(=O)NCCNC(=O)c1ccc(Br)cc1. The topological polar surface area (TPSA) is 70.2 Å². The van der Waals surface area contributed by atoms with Gasteiger partial charge in [-0.1, -0.05) is 15.9 Å². The van der Waals surface area contributed by atoms with Crippen LogP contribution in [0.1, 0.15) is 10.4 Å². The van der Waals surface area contributed by atoms with E-state index in [0.29, 0.717) is 18.7 Å². The van der Waals surface area contributed by atoms with Crippen molar-refractivity contribution in [2.75, 3.05) is 20.1 Å². The van der Waals surface area contributed by atoms with Gasteiger partial charge in [-0.2, -0.15) is 0 Å². The Hall–Kier alpha value is -1.56. The van der Waals surface area contributed by atoms with Crippen LogP contribution in [0.2, 0.25) is 0 Å². The van der Waals surface area contributed by atoms with Crippen LogP contribution in [0.3, 0.4) is 0 Å². The maximum absolute atomic E-state index is 11.6. The molecule has 0 spiro atoms. The van der Waals surface area contributed by atoms with Gasteiger partial charge in [0.1, 0.15) is 0 Å². The maximum atomic E-state index is 11.6. The molecular formula is C11H14BrN3O2. The van der Waals surface area contributed by atoms with Gasteiger partial charge in [-0.25, -0.2) is 4.79 Å². The van der Waals surface area contributed by atoms with E-state index in [2.05, 4.69) is 31.9 Å². The van der Waals surface area contributed by atoms with Crippen molar-refractivity contribution in [2.24, 2.45) is 0 Å². The highest BCUT2D eigenvalue weighted by molar-refractivity contribution is 9.10. The summed E-state index contributed by atoms with van der Waals surface area (Å²) in [4.78, 5) is 22.4. The molecule has 0 aromatic heterocycles.